The molecule has 2 amide bonds. The minimum Gasteiger partial charge on any atom is -0.393 e. The summed E-state index contributed by atoms with van der Waals surface area (Å²) in [5.74, 6) is -0.673. The fraction of sp³-hybridized carbons (Fsp3) is 0.600. The first-order chi connectivity index (χ1) is 6.63. The molecule has 0 saturated heterocycles. The second-order valence-electron chi connectivity index (χ2n) is 3.47. The van der Waals surface area contributed by atoms with Crippen LogP contribution in [0, 0.1) is 0 Å². The number of hydrogen-bond donors (Lipinski definition) is 2. The van der Waals surface area contributed by atoms with Crippen molar-refractivity contribution in [1.29, 1.82) is 0 Å². The van der Waals surface area contributed by atoms with Gasteiger partial charge in [0.05, 0.1) is 6.10 Å². The zero-order chi connectivity index (χ0) is 10.6. The third kappa shape index (κ3) is 2.96. The van der Waals surface area contributed by atoms with E-state index in [-0.39, 0.29) is 17.9 Å². The first-order valence-corrected chi connectivity index (χ1v) is 4.87. The number of aliphatic hydroxyl groups excluding tert-OH is 1. The standard InChI is InChI=1S/C10H15NO3/c1-2-3-8(12)5-4-7-6-9(13)11-10(7)14/h6,8,12H,2-5H2,1H3,(H,11,13,14). The van der Waals surface area contributed by atoms with Crippen LogP contribution >= 0.6 is 0 Å². The molecule has 0 aliphatic carbocycles. The summed E-state index contributed by atoms with van der Waals surface area (Å²) in [6, 6.07) is 0. The van der Waals surface area contributed by atoms with E-state index in [1.807, 2.05) is 6.92 Å². The van der Waals surface area contributed by atoms with Crippen LogP contribution in [0.1, 0.15) is 32.6 Å². The van der Waals surface area contributed by atoms with Gasteiger partial charge in [0.1, 0.15) is 0 Å². The zero-order valence-corrected chi connectivity index (χ0v) is 8.25. The van der Waals surface area contributed by atoms with Crippen LogP contribution in [-0.2, 0) is 9.59 Å². The molecule has 4 nitrogen and oxygen atoms in total. The summed E-state index contributed by atoms with van der Waals surface area (Å²) in [4.78, 5) is 21.8. The highest BCUT2D eigenvalue weighted by molar-refractivity contribution is 6.16. The summed E-state index contributed by atoms with van der Waals surface area (Å²) in [5, 5.41) is 11.6. The number of rotatable bonds is 5. The van der Waals surface area contributed by atoms with Crippen molar-refractivity contribution in [2.75, 3.05) is 0 Å². The van der Waals surface area contributed by atoms with Crippen molar-refractivity contribution < 1.29 is 14.7 Å². The third-order valence-electron chi connectivity index (χ3n) is 2.20. The summed E-state index contributed by atoms with van der Waals surface area (Å²) in [5.41, 5.74) is 0.477. The number of carbonyl (C=O) groups is 2. The number of carbonyl (C=O) groups excluding carboxylic acids is 2. The molecule has 2 N–H and O–H groups in total. The van der Waals surface area contributed by atoms with Crippen molar-refractivity contribution in [1.82, 2.24) is 5.32 Å². The molecule has 1 aliphatic heterocycles. The minimum atomic E-state index is -0.371. The molecule has 1 heterocycles. The Morgan fingerprint density at radius 1 is 1.43 bits per heavy atom. The summed E-state index contributed by atoms with van der Waals surface area (Å²) in [7, 11) is 0. The van der Waals surface area contributed by atoms with E-state index in [9.17, 15) is 14.7 Å². The SMILES string of the molecule is CCCC(O)CCC1=CC(=O)NC1=O. The van der Waals surface area contributed by atoms with Crippen molar-refractivity contribution in [2.45, 2.75) is 38.7 Å². The Morgan fingerprint density at radius 3 is 2.64 bits per heavy atom. The highest BCUT2D eigenvalue weighted by Crippen LogP contribution is 2.13. The largest absolute Gasteiger partial charge is 0.393 e. The fourth-order valence-electron chi connectivity index (χ4n) is 1.44. The summed E-state index contributed by atoms with van der Waals surface area (Å²) >= 11 is 0. The van der Waals surface area contributed by atoms with Crippen molar-refractivity contribution in [3.05, 3.63) is 11.6 Å². The third-order valence-corrected chi connectivity index (χ3v) is 2.20. The lowest BCUT2D eigenvalue weighted by Gasteiger charge is -2.07. The minimum absolute atomic E-state index is 0.321. The summed E-state index contributed by atoms with van der Waals surface area (Å²) in [6.07, 6.45) is 3.61. The van der Waals surface area contributed by atoms with Crippen LogP contribution in [0.25, 0.3) is 0 Å². The molecule has 1 rings (SSSR count). The molecule has 0 aromatic rings. The van der Waals surface area contributed by atoms with Gasteiger partial charge < -0.3 is 5.11 Å². The Hall–Kier alpha value is -1.16. The van der Waals surface area contributed by atoms with Gasteiger partial charge in [-0.3, -0.25) is 14.9 Å². The van der Waals surface area contributed by atoms with E-state index >= 15 is 0 Å². The molecule has 0 spiro atoms. The molecule has 1 aliphatic rings. The van der Waals surface area contributed by atoms with E-state index in [1.54, 1.807) is 0 Å². The van der Waals surface area contributed by atoms with Crippen molar-refractivity contribution in [2.24, 2.45) is 0 Å². The number of amides is 2. The van der Waals surface area contributed by atoms with E-state index in [0.717, 1.165) is 12.8 Å². The lowest BCUT2D eigenvalue weighted by molar-refractivity contribution is -0.123. The Morgan fingerprint density at radius 2 is 2.14 bits per heavy atom. The van der Waals surface area contributed by atoms with Gasteiger partial charge in [-0.1, -0.05) is 13.3 Å². The first-order valence-electron chi connectivity index (χ1n) is 4.87. The normalized spacial score (nSPS) is 18.0. The summed E-state index contributed by atoms with van der Waals surface area (Å²) in [6.45, 7) is 1.99. The molecule has 14 heavy (non-hydrogen) atoms. The lowest BCUT2D eigenvalue weighted by Crippen LogP contribution is -2.22. The molecular formula is C10H15NO3. The average Bonchev–Trinajstić information content (AvgIpc) is 2.42. The molecule has 1 atom stereocenters. The predicted octanol–water partition coefficient (Wildman–Crippen LogP) is 0.510. The Kier molecular flexibility index (Phi) is 3.83. The number of imide groups is 1. The second-order valence-corrected chi connectivity index (χ2v) is 3.47. The van der Waals surface area contributed by atoms with E-state index in [4.69, 9.17) is 0 Å². The molecule has 0 radical (unpaired) electrons. The van der Waals surface area contributed by atoms with E-state index < -0.39 is 0 Å². The van der Waals surface area contributed by atoms with Crippen molar-refractivity contribution in [3.8, 4) is 0 Å². The number of aliphatic hydroxyl groups is 1. The quantitative estimate of drug-likeness (QED) is 0.631. The van der Waals surface area contributed by atoms with Gasteiger partial charge in [0, 0.05) is 11.6 Å². The van der Waals surface area contributed by atoms with E-state index in [1.165, 1.54) is 6.08 Å². The smallest absolute Gasteiger partial charge is 0.254 e. The Bertz CT molecular complexity index is 271. The maximum absolute atomic E-state index is 11.1. The monoisotopic (exact) mass is 197 g/mol. The number of nitrogens with one attached hydrogen (secondary N) is 1. The second kappa shape index (κ2) is 4.91. The number of hydrogen-bond acceptors (Lipinski definition) is 3. The molecule has 0 aromatic heterocycles. The summed E-state index contributed by atoms with van der Waals surface area (Å²) < 4.78 is 0. The Labute approximate surface area is 83.0 Å². The molecular weight excluding hydrogens is 182 g/mol. The van der Waals surface area contributed by atoms with Crippen LogP contribution < -0.4 is 5.32 Å². The predicted molar refractivity (Wildman–Crippen MR) is 51.4 cm³/mol. The molecule has 0 fully saturated rings. The average molecular weight is 197 g/mol. The maximum atomic E-state index is 11.1. The van der Waals surface area contributed by atoms with E-state index in [0.29, 0.717) is 18.4 Å². The molecule has 4 heteroatoms. The Balaban J connectivity index is 2.34. The van der Waals surface area contributed by atoms with Crippen LogP contribution in [0.2, 0.25) is 0 Å². The lowest BCUT2D eigenvalue weighted by atomic mass is 10.0. The van der Waals surface area contributed by atoms with Gasteiger partial charge in [-0.15, -0.1) is 0 Å². The van der Waals surface area contributed by atoms with Gasteiger partial charge in [-0.05, 0) is 19.3 Å². The van der Waals surface area contributed by atoms with Crippen molar-refractivity contribution in [3.63, 3.8) is 0 Å². The van der Waals surface area contributed by atoms with Gasteiger partial charge in [-0.2, -0.15) is 0 Å². The fourth-order valence-corrected chi connectivity index (χ4v) is 1.44. The van der Waals surface area contributed by atoms with Crippen LogP contribution in [0.3, 0.4) is 0 Å². The van der Waals surface area contributed by atoms with Gasteiger partial charge in [-0.25, -0.2) is 0 Å². The topological polar surface area (TPSA) is 66.4 Å². The van der Waals surface area contributed by atoms with Crippen molar-refractivity contribution >= 4 is 11.8 Å². The highest BCUT2D eigenvalue weighted by atomic mass is 16.3. The molecule has 1 unspecified atom stereocenters. The van der Waals surface area contributed by atoms with Crippen LogP contribution in [0.5, 0.6) is 0 Å². The van der Waals surface area contributed by atoms with Gasteiger partial charge in [0.2, 0.25) is 0 Å². The van der Waals surface area contributed by atoms with Gasteiger partial charge in [0.15, 0.2) is 0 Å². The molecule has 0 aromatic carbocycles. The maximum Gasteiger partial charge on any atom is 0.254 e. The highest BCUT2D eigenvalue weighted by Gasteiger charge is 2.20. The van der Waals surface area contributed by atoms with Crippen LogP contribution in [0.15, 0.2) is 11.6 Å². The van der Waals surface area contributed by atoms with Gasteiger partial charge in [0.25, 0.3) is 11.8 Å². The van der Waals surface area contributed by atoms with E-state index in [2.05, 4.69) is 5.32 Å². The van der Waals surface area contributed by atoms with Crippen LogP contribution in [0.4, 0.5) is 0 Å². The molecule has 0 saturated carbocycles. The first kappa shape index (κ1) is 10.9. The van der Waals surface area contributed by atoms with Gasteiger partial charge >= 0.3 is 0 Å². The zero-order valence-electron chi connectivity index (χ0n) is 8.25. The van der Waals surface area contributed by atoms with Crippen LogP contribution in [-0.4, -0.2) is 23.0 Å². The molecule has 0 bridgehead atoms. The molecule has 78 valence electrons.